The molecule has 1 unspecified atom stereocenters. The van der Waals surface area contributed by atoms with Gasteiger partial charge in [-0.25, -0.2) is 0 Å². The average molecular weight is 345 g/mol. The third-order valence-corrected chi connectivity index (χ3v) is 4.33. The number of hydrogen-bond donors (Lipinski definition) is 0. The van der Waals surface area contributed by atoms with Crippen LogP contribution in [0.25, 0.3) is 0 Å². The minimum absolute atomic E-state index is 0.110. The van der Waals surface area contributed by atoms with Crippen molar-refractivity contribution in [1.82, 2.24) is 4.98 Å². The molecular formula is C14H12BrCl2N. The second-order valence-corrected chi connectivity index (χ2v) is 6.03. The number of nitrogens with zero attached hydrogens (tertiary/aromatic N) is 1. The minimum Gasteiger partial charge on any atom is -0.261 e. The van der Waals surface area contributed by atoms with Gasteiger partial charge in [-0.1, -0.05) is 57.3 Å². The Balaban J connectivity index is 2.19. The second-order valence-electron chi connectivity index (χ2n) is 4.14. The molecule has 0 spiro atoms. The summed E-state index contributed by atoms with van der Waals surface area (Å²) in [6.45, 7) is 2.02. The van der Waals surface area contributed by atoms with Crippen molar-refractivity contribution < 1.29 is 0 Å². The third kappa shape index (κ3) is 3.25. The Bertz CT molecular complexity index is 540. The van der Waals surface area contributed by atoms with Crippen LogP contribution in [-0.4, -0.2) is 4.98 Å². The van der Waals surface area contributed by atoms with E-state index >= 15 is 0 Å². The van der Waals surface area contributed by atoms with Crippen molar-refractivity contribution in [2.45, 2.75) is 18.2 Å². The molecule has 2 rings (SSSR count). The first-order valence-electron chi connectivity index (χ1n) is 5.57. The van der Waals surface area contributed by atoms with Crippen molar-refractivity contribution in [2.75, 3.05) is 0 Å². The Morgan fingerprint density at radius 2 is 2.00 bits per heavy atom. The molecule has 0 aliphatic rings. The van der Waals surface area contributed by atoms with Crippen molar-refractivity contribution in [3.8, 4) is 0 Å². The first-order valence-corrected chi connectivity index (χ1v) is 7.24. The van der Waals surface area contributed by atoms with Crippen LogP contribution >= 0.6 is 39.1 Å². The standard InChI is InChI=1S/C14H12BrCl2N/c1-9-5-6-10(18-8-9)7-12(15)11-3-2-4-13(16)14(11)17/h2-6,8,12H,7H2,1H3. The number of hydrogen-bond acceptors (Lipinski definition) is 1. The number of alkyl halides is 1. The van der Waals surface area contributed by atoms with Crippen molar-refractivity contribution in [3.05, 3.63) is 63.4 Å². The lowest BCUT2D eigenvalue weighted by Crippen LogP contribution is -1.99. The summed E-state index contributed by atoms with van der Waals surface area (Å²) in [6.07, 6.45) is 2.65. The summed E-state index contributed by atoms with van der Waals surface area (Å²) in [6, 6.07) is 9.75. The highest BCUT2D eigenvalue weighted by atomic mass is 79.9. The molecule has 1 aromatic heterocycles. The number of pyridine rings is 1. The largest absolute Gasteiger partial charge is 0.261 e. The number of aromatic nitrogens is 1. The Labute approximate surface area is 125 Å². The molecule has 1 heterocycles. The van der Waals surface area contributed by atoms with Crippen LogP contribution in [-0.2, 0) is 6.42 Å². The van der Waals surface area contributed by atoms with Gasteiger partial charge in [0, 0.05) is 23.1 Å². The average Bonchev–Trinajstić information content (AvgIpc) is 2.35. The normalized spacial score (nSPS) is 12.4. The Kier molecular flexibility index (Phi) is 4.66. The monoisotopic (exact) mass is 343 g/mol. The van der Waals surface area contributed by atoms with Crippen LogP contribution in [0.3, 0.4) is 0 Å². The summed E-state index contributed by atoms with van der Waals surface area (Å²) in [7, 11) is 0. The predicted molar refractivity (Wildman–Crippen MR) is 80.8 cm³/mol. The third-order valence-electron chi connectivity index (χ3n) is 2.68. The minimum atomic E-state index is 0.110. The molecule has 0 aliphatic carbocycles. The fourth-order valence-electron chi connectivity index (χ4n) is 1.68. The first kappa shape index (κ1) is 13.9. The highest BCUT2D eigenvalue weighted by Crippen LogP contribution is 2.35. The maximum atomic E-state index is 6.20. The van der Waals surface area contributed by atoms with E-state index in [4.69, 9.17) is 23.2 Å². The topological polar surface area (TPSA) is 12.9 Å². The molecule has 18 heavy (non-hydrogen) atoms. The fraction of sp³-hybridized carbons (Fsp3) is 0.214. The number of halogens is 3. The van der Waals surface area contributed by atoms with E-state index in [1.807, 2.05) is 31.3 Å². The first-order chi connectivity index (χ1) is 8.58. The molecule has 1 nitrogen and oxygen atoms in total. The van der Waals surface area contributed by atoms with Crippen molar-refractivity contribution in [1.29, 1.82) is 0 Å². The molecule has 1 atom stereocenters. The van der Waals surface area contributed by atoms with Gasteiger partial charge in [0.05, 0.1) is 10.0 Å². The van der Waals surface area contributed by atoms with Gasteiger partial charge in [0.25, 0.3) is 0 Å². The van der Waals surface area contributed by atoms with Gasteiger partial charge in [-0.2, -0.15) is 0 Å². The lowest BCUT2D eigenvalue weighted by atomic mass is 10.1. The van der Waals surface area contributed by atoms with Crippen LogP contribution in [0.15, 0.2) is 36.5 Å². The van der Waals surface area contributed by atoms with E-state index in [1.165, 1.54) is 0 Å². The van der Waals surface area contributed by atoms with Crippen LogP contribution in [0.5, 0.6) is 0 Å². The van der Waals surface area contributed by atoms with Gasteiger partial charge in [-0.15, -0.1) is 0 Å². The molecule has 0 bridgehead atoms. The summed E-state index contributed by atoms with van der Waals surface area (Å²) in [5.74, 6) is 0. The molecule has 0 radical (unpaired) electrons. The van der Waals surface area contributed by atoms with Crippen molar-refractivity contribution >= 4 is 39.1 Å². The van der Waals surface area contributed by atoms with E-state index < -0.39 is 0 Å². The highest BCUT2D eigenvalue weighted by Gasteiger charge is 2.14. The van der Waals surface area contributed by atoms with Gasteiger partial charge in [-0.05, 0) is 30.2 Å². The predicted octanol–water partition coefficient (Wildman–Crippen LogP) is 5.38. The number of aryl methyl sites for hydroxylation is 1. The number of rotatable bonds is 3. The van der Waals surface area contributed by atoms with Crippen LogP contribution in [0.1, 0.15) is 21.6 Å². The van der Waals surface area contributed by atoms with E-state index in [9.17, 15) is 0 Å². The molecule has 0 saturated heterocycles. The zero-order chi connectivity index (χ0) is 13.1. The van der Waals surface area contributed by atoms with Gasteiger partial charge in [0.15, 0.2) is 0 Å². The van der Waals surface area contributed by atoms with Crippen LogP contribution in [0.4, 0.5) is 0 Å². The van der Waals surface area contributed by atoms with Crippen LogP contribution in [0, 0.1) is 6.92 Å². The smallest absolute Gasteiger partial charge is 0.0635 e. The zero-order valence-corrected chi connectivity index (χ0v) is 12.9. The maximum Gasteiger partial charge on any atom is 0.0635 e. The van der Waals surface area contributed by atoms with E-state index in [1.54, 1.807) is 6.07 Å². The van der Waals surface area contributed by atoms with E-state index in [0.29, 0.717) is 10.0 Å². The van der Waals surface area contributed by atoms with Crippen LogP contribution in [0.2, 0.25) is 10.0 Å². The maximum absolute atomic E-state index is 6.20. The molecule has 0 aliphatic heterocycles. The molecular weight excluding hydrogens is 333 g/mol. The van der Waals surface area contributed by atoms with Crippen LogP contribution < -0.4 is 0 Å². The number of benzene rings is 1. The lowest BCUT2D eigenvalue weighted by Gasteiger charge is -2.12. The van der Waals surface area contributed by atoms with Gasteiger partial charge in [0.1, 0.15) is 0 Å². The molecule has 0 N–H and O–H groups in total. The summed E-state index contributed by atoms with van der Waals surface area (Å²) >= 11 is 15.9. The molecule has 0 amide bonds. The molecule has 1 aromatic carbocycles. The Morgan fingerprint density at radius 1 is 1.22 bits per heavy atom. The molecule has 4 heteroatoms. The second kappa shape index (κ2) is 6.05. The summed E-state index contributed by atoms with van der Waals surface area (Å²) in [4.78, 5) is 4.50. The van der Waals surface area contributed by atoms with Crippen molar-refractivity contribution in [2.24, 2.45) is 0 Å². The van der Waals surface area contributed by atoms with Gasteiger partial charge < -0.3 is 0 Å². The molecule has 94 valence electrons. The van der Waals surface area contributed by atoms with Crippen molar-refractivity contribution in [3.63, 3.8) is 0 Å². The Morgan fingerprint density at radius 3 is 2.67 bits per heavy atom. The molecule has 0 saturated carbocycles. The molecule has 2 aromatic rings. The highest BCUT2D eigenvalue weighted by molar-refractivity contribution is 9.09. The van der Waals surface area contributed by atoms with Gasteiger partial charge in [0.2, 0.25) is 0 Å². The fourth-order valence-corrected chi connectivity index (χ4v) is 2.96. The molecule has 0 fully saturated rings. The Hall–Kier alpha value is -0.570. The quantitative estimate of drug-likeness (QED) is 0.681. The van der Waals surface area contributed by atoms with Gasteiger partial charge in [-0.3, -0.25) is 4.98 Å². The zero-order valence-electron chi connectivity index (χ0n) is 9.83. The lowest BCUT2D eigenvalue weighted by molar-refractivity contribution is 0.902. The SMILES string of the molecule is Cc1ccc(CC(Br)c2cccc(Cl)c2Cl)nc1. The van der Waals surface area contributed by atoms with E-state index in [0.717, 1.165) is 23.2 Å². The summed E-state index contributed by atoms with van der Waals surface area (Å²) < 4.78 is 0. The van der Waals surface area contributed by atoms with E-state index in [2.05, 4.69) is 27.0 Å². The summed E-state index contributed by atoms with van der Waals surface area (Å²) in [5.41, 5.74) is 3.18. The van der Waals surface area contributed by atoms with E-state index in [-0.39, 0.29) is 4.83 Å². The summed E-state index contributed by atoms with van der Waals surface area (Å²) in [5, 5.41) is 1.18. The van der Waals surface area contributed by atoms with Gasteiger partial charge >= 0.3 is 0 Å².